The number of thioether (sulfide) groups is 1. The summed E-state index contributed by atoms with van der Waals surface area (Å²) >= 11 is 7.44. The molecule has 1 fully saturated rings. The molecule has 0 spiro atoms. The number of hydrogen-bond donors (Lipinski definition) is 2. The predicted octanol–water partition coefficient (Wildman–Crippen LogP) is 3.75. The van der Waals surface area contributed by atoms with Crippen LogP contribution in [0.25, 0.3) is 0 Å². The van der Waals surface area contributed by atoms with E-state index < -0.39 is 12.0 Å². The van der Waals surface area contributed by atoms with Crippen molar-refractivity contribution in [2.45, 2.75) is 18.0 Å². The number of phenols is 1. The molecule has 2 aromatic rings. The van der Waals surface area contributed by atoms with E-state index in [4.69, 9.17) is 11.6 Å². The van der Waals surface area contributed by atoms with Crippen molar-refractivity contribution in [1.29, 1.82) is 0 Å². The highest BCUT2D eigenvalue weighted by Gasteiger charge is 2.40. The van der Waals surface area contributed by atoms with E-state index in [9.17, 15) is 15.0 Å². The van der Waals surface area contributed by atoms with Crippen LogP contribution in [0.5, 0.6) is 5.75 Å². The Balaban J connectivity index is 1.91. The minimum atomic E-state index is -0.843. The lowest BCUT2D eigenvalue weighted by Crippen LogP contribution is -2.38. The van der Waals surface area contributed by atoms with Crippen molar-refractivity contribution < 1.29 is 15.0 Å². The number of carboxylic acids is 1. The van der Waals surface area contributed by atoms with Crippen LogP contribution in [-0.4, -0.2) is 32.9 Å². The number of benzene rings is 2. The molecule has 0 aromatic heterocycles. The summed E-state index contributed by atoms with van der Waals surface area (Å²) in [6, 6.07) is 13.9. The van der Waals surface area contributed by atoms with Crippen LogP contribution >= 0.6 is 23.4 Å². The Morgan fingerprint density at radius 3 is 2.57 bits per heavy atom. The highest BCUT2D eigenvalue weighted by Crippen LogP contribution is 2.45. The van der Waals surface area contributed by atoms with Crippen LogP contribution in [0.1, 0.15) is 16.5 Å². The van der Waals surface area contributed by atoms with Crippen molar-refractivity contribution in [3.05, 3.63) is 64.7 Å². The van der Waals surface area contributed by atoms with Gasteiger partial charge in [0.25, 0.3) is 0 Å². The summed E-state index contributed by atoms with van der Waals surface area (Å²) in [5, 5.41) is 20.1. The second-order valence-corrected chi connectivity index (χ2v) is 6.95. The van der Waals surface area contributed by atoms with Gasteiger partial charge in [-0.25, -0.2) is 0 Å². The molecule has 1 heterocycles. The lowest BCUT2D eigenvalue weighted by molar-refractivity contribution is -0.142. The number of carbonyl (C=O) groups is 1. The molecule has 0 aliphatic carbocycles. The Morgan fingerprint density at radius 1 is 1.22 bits per heavy atom. The highest BCUT2D eigenvalue weighted by atomic mass is 35.5. The molecule has 0 radical (unpaired) electrons. The van der Waals surface area contributed by atoms with Gasteiger partial charge in [-0.1, -0.05) is 41.9 Å². The minimum Gasteiger partial charge on any atom is -0.508 e. The molecule has 1 aliphatic heterocycles. The van der Waals surface area contributed by atoms with Gasteiger partial charge >= 0.3 is 5.97 Å². The van der Waals surface area contributed by atoms with E-state index in [0.29, 0.717) is 17.3 Å². The van der Waals surface area contributed by atoms with E-state index >= 15 is 0 Å². The summed E-state index contributed by atoms with van der Waals surface area (Å²) in [5.74, 6) is -0.163. The number of carboxylic acid groups (broad SMARTS) is 1. The van der Waals surface area contributed by atoms with Gasteiger partial charge in [-0.2, -0.15) is 0 Å². The van der Waals surface area contributed by atoms with Gasteiger partial charge in [0, 0.05) is 22.9 Å². The van der Waals surface area contributed by atoms with Gasteiger partial charge < -0.3 is 10.2 Å². The van der Waals surface area contributed by atoms with Gasteiger partial charge in [0.1, 0.15) is 11.8 Å². The zero-order valence-corrected chi connectivity index (χ0v) is 13.8. The van der Waals surface area contributed by atoms with E-state index in [1.165, 1.54) is 11.8 Å². The maximum atomic E-state index is 11.6. The molecule has 120 valence electrons. The number of nitrogens with zero attached hydrogens (tertiary/aromatic N) is 1. The Hall–Kier alpha value is -1.69. The molecule has 0 amide bonds. The van der Waals surface area contributed by atoms with Crippen LogP contribution in [0.2, 0.25) is 5.02 Å². The molecule has 2 atom stereocenters. The Kier molecular flexibility index (Phi) is 4.80. The average molecular weight is 350 g/mol. The minimum absolute atomic E-state index is 0.187. The van der Waals surface area contributed by atoms with E-state index in [1.807, 2.05) is 29.2 Å². The lowest BCUT2D eigenvalue weighted by Gasteiger charge is -2.27. The number of aliphatic carboxylic acids is 1. The van der Waals surface area contributed by atoms with Gasteiger partial charge in [-0.15, -0.1) is 11.8 Å². The maximum absolute atomic E-state index is 11.6. The van der Waals surface area contributed by atoms with Crippen LogP contribution in [0, 0.1) is 0 Å². The Morgan fingerprint density at radius 2 is 1.91 bits per heavy atom. The molecule has 0 bridgehead atoms. The van der Waals surface area contributed by atoms with Crippen LogP contribution in [0.4, 0.5) is 0 Å². The molecular formula is C17H16ClNO3S. The average Bonchev–Trinajstić information content (AvgIpc) is 2.94. The molecule has 2 unspecified atom stereocenters. The summed E-state index contributed by atoms with van der Waals surface area (Å²) in [6.07, 6.45) is 0. The van der Waals surface area contributed by atoms with Gasteiger partial charge in [-0.3, -0.25) is 9.69 Å². The standard InChI is InChI=1S/C17H16ClNO3S/c18-12-7-5-11(6-8-12)9-19-14(17(21)22)10-23-16(19)13-3-1-2-4-15(13)20/h1-8,14,16,20H,9-10H2,(H,21,22). The summed E-state index contributed by atoms with van der Waals surface area (Å²) in [6.45, 7) is 0.486. The molecule has 6 heteroatoms. The predicted molar refractivity (Wildman–Crippen MR) is 91.7 cm³/mol. The van der Waals surface area contributed by atoms with Gasteiger partial charge in [0.2, 0.25) is 0 Å². The van der Waals surface area contributed by atoms with Crippen molar-refractivity contribution in [2.75, 3.05) is 5.75 Å². The molecule has 4 nitrogen and oxygen atoms in total. The van der Waals surface area contributed by atoms with Crippen molar-refractivity contribution in [2.24, 2.45) is 0 Å². The molecule has 1 saturated heterocycles. The third kappa shape index (κ3) is 3.47. The quantitative estimate of drug-likeness (QED) is 0.880. The van der Waals surface area contributed by atoms with Crippen LogP contribution in [0.3, 0.4) is 0 Å². The van der Waals surface area contributed by atoms with Crippen LogP contribution in [0.15, 0.2) is 48.5 Å². The molecule has 3 rings (SSSR count). The molecule has 2 N–H and O–H groups in total. The lowest BCUT2D eigenvalue weighted by atomic mass is 10.1. The fourth-order valence-corrected chi connectivity index (χ4v) is 4.33. The van der Waals surface area contributed by atoms with Crippen molar-refractivity contribution in [3.63, 3.8) is 0 Å². The fraction of sp³-hybridized carbons (Fsp3) is 0.235. The normalized spacial score (nSPS) is 21.4. The second kappa shape index (κ2) is 6.83. The van der Waals surface area contributed by atoms with Crippen LogP contribution < -0.4 is 0 Å². The van der Waals surface area contributed by atoms with Crippen molar-refractivity contribution in [1.82, 2.24) is 4.90 Å². The van der Waals surface area contributed by atoms with E-state index in [0.717, 1.165) is 11.1 Å². The second-order valence-electron chi connectivity index (χ2n) is 5.40. The number of phenolic OH excluding ortho intramolecular Hbond substituents is 1. The number of hydrogen-bond acceptors (Lipinski definition) is 4. The first-order valence-corrected chi connectivity index (χ1v) is 8.61. The highest BCUT2D eigenvalue weighted by molar-refractivity contribution is 7.99. The smallest absolute Gasteiger partial charge is 0.321 e. The first kappa shape index (κ1) is 16.2. The number of para-hydroxylation sites is 1. The first-order valence-electron chi connectivity index (χ1n) is 7.19. The summed E-state index contributed by atoms with van der Waals surface area (Å²) < 4.78 is 0. The van der Waals surface area contributed by atoms with E-state index in [2.05, 4.69) is 0 Å². The van der Waals surface area contributed by atoms with E-state index in [1.54, 1.807) is 24.3 Å². The summed E-state index contributed by atoms with van der Waals surface area (Å²) in [5.41, 5.74) is 1.73. The van der Waals surface area contributed by atoms with Crippen molar-refractivity contribution in [3.8, 4) is 5.75 Å². The molecule has 0 saturated carbocycles. The SMILES string of the molecule is O=C(O)C1CSC(c2ccccc2O)N1Cc1ccc(Cl)cc1. The topological polar surface area (TPSA) is 60.8 Å². The van der Waals surface area contributed by atoms with Gasteiger partial charge in [0.05, 0.1) is 5.37 Å². The number of halogens is 1. The van der Waals surface area contributed by atoms with Gasteiger partial charge in [-0.05, 0) is 23.8 Å². The molecular weight excluding hydrogens is 334 g/mol. The fourth-order valence-electron chi connectivity index (χ4n) is 2.71. The monoisotopic (exact) mass is 349 g/mol. The van der Waals surface area contributed by atoms with E-state index in [-0.39, 0.29) is 11.1 Å². The molecule has 1 aliphatic rings. The largest absolute Gasteiger partial charge is 0.508 e. The zero-order chi connectivity index (χ0) is 16.4. The summed E-state index contributed by atoms with van der Waals surface area (Å²) in [4.78, 5) is 13.5. The first-order chi connectivity index (χ1) is 11.1. The molecule has 23 heavy (non-hydrogen) atoms. The molecule has 2 aromatic carbocycles. The number of aromatic hydroxyl groups is 1. The third-order valence-corrected chi connectivity index (χ3v) is 5.48. The maximum Gasteiger partial charge on any atom is 0.321 e. The Labute approximate surface area is 143 Å². The summed E-state index contributed by atoms with van der Waals surface area (Å²) in [7, 11) is 0. The third-order valence-electron chi connectivity index (χ3n) is 3.88. The Bertz CT molecular complexity index is 707. The number of rotatable bonds is 4. The van der Waals surface area contributed by atoms with Gasteiger partial charge in [0.15, 0.2) is 0 Å². The van der Waals surface area contributed by atoms with Crippen LogP contribution in [-0.2, 0) is 11.3 Å². The van der Waals surface area contributed by atoms with Crippen molar-refractivity contribution >= 4 is 29.3 Å². The zero-order valence-electron chi connectivity index (χ0n) is 12.2.